The van der Waals surface area contributed by atoms with Crippen LogP contribution in [0.5, 0.6) is 0 Å². The number of fused-ring (bicyclic) bond motifs is 1. The summed E-state index contributed by atoms with van der Waals surface area (Å²) in [5.74, 6) is 0.921. The molecule has 0 amide bonds. The smallest absolute Gasteiger partial charge is 0.130 e. The summed E-state index contributed by atoms with van der Waals surface area (Å²) < 4.78 is 5.78. The maximum Gasteiger partial charge on any atom is 0.130 e. The van der Waals surface area contributed by atoms with Crippen molar-refractivity contribution in [3.8, 4) is 6.07 Å². The molecular formula is C13H15N3O. The van der Waals surface area contributed by atoms with E-state index < -0.39 is 0 Å². The van der Waals surface area contributed by atoms with Gasteiger partial charge in [-0.25, -0.2) is 4.98 Å². The number of rotatable bonds is 1. The van der Waals surface area contributed by atoms with Gasteiger partial charge in [0.25, 0.3) is 0 Å². The van der Waals surface area contributed by atoms with Gasteiger partial charge in [-0.05, 0) is 31.4 Å². The van der Waals surface area contributed by atoms with E-state index in [1.807, 2.05) is 6.07 Å². The second-order valence-electron chi connectivity index (χ2n) is 4.62. The van der Waals surface area contributed by atoms with E-state index in [1.54, 1.807) is 12.3 Å². The Kier molecular flexibility index (Phi) is 2.69. The number of morpholine rings is 1. The Labute approximate surface area is 101 Å². The lowest BCUT2D eigenvalue weighted by molar-refractivity contribution is 0.0253. The van der Waals surface area contributed by atoms with Crippen LogP contribution in [0.4, 0.5) is 5.82 Å². The molecule has 2 aliphatic rings. The normalized spacial score (nSPS) is 27.6. The monoisotopic (exact) mass is 229 g/mol. The van der Waals surface area contributed by atoms with Gasteiger partial charge in [0.1, 0.15) is 5.82 Å². The van der Waals surface area contributed by atoms with Crippen molar-refractivity contribution >= 4 is 5.82 Å². The molecule has 2 heterocycles. The minimum absolute atomic E-state index is 0.358. The fourth-order valence-corrected chi connectivity index (χ4v) is 2.86. The quantitative estimate of drug-likeness (QED) is 0.735. The molecule has 0 radical (unpaired) electrons. The average molecular weight is 229 g/mol. The van der Waals surface area contributed by atoms with Crippen LogP contribution in [0.25, 0.3) is 0 Å². The molecule has 0 aromatic carbocycles. The van der Waals surface area contributed by atoms with Gasteiger partial charge in [-0.3, -0.25) is 0 Å². The molecule has 0 spiro atoms. The van der Waals surface area contributed by atoms with Gasteiger partial charge in [-0.1, -0.05) is 0 Å². The van der Waals surface area contributed by atoms with Gasteiger partial charge in [0.15, 0.2) is 0 Å². The molecule has 3 rings (SSSR count). The molecule has 4 nitrogen and oxygen atoms in total. The zero-order chi connectivity index (χ0) is 11.7. The van der Waals surface area contributed by atoms with Crippen molar-refractivity contribution < 1.29 is 4.74 Å². The van der Waals surface area contributed by atoms with Crippen molar-refractivity contribution in [2.75, 3.05) is 18.1 Å². The van der Waals surface area contributed by atoms with Crippen LogP contribution in [0, 0.1) is 11.3 Å². The Balaban J connectivity index is 1.89. The third-order valence-corrected chi connectivity index (χ3v) is 3.65. The van der Waals surface area contributed by atoms with Gasteiger partial charge < -0.3 is 9.64 Å². The van der Waals surface area contributed by atoms with Crippen molar-refractivity contribution in [3.05, 3.63) is 23.9 Å². The first-order chi connectivity index (χ1) is 8.38. The zero-order valence-electron chi connectivity index (χ0n) is 9.67. The standard InChI is InChI=1S/C13H15N3O/c14-9-10-4-5-15-13(8-10)16-6-7-17-12-3-1-2-11(12)16/h4-5,8,11-12H,1-3,6-7H2. The summed E-state index contributed by atoms with van der Waals surface area (Å²) in [6.07, 6.45) is 5.62. The summed E-state index contributed by atoms with van der Waals surface area (Å²) in [5, 5.41) is 8.93. The summed E-state index contributed by atoms with van der Waals surface area (Å²) in [6.45, 7) is 1.64. The number of nitriles is 1. The summed E-state index contributed by atoms with van der Waals surface area (Å²) in [5.41, 5.74) is 0.677. The Morgan fingerprint density at radius 3 is 3.29 bits per heavy atom. The van der Waals surface area contributed by atoms with Crippen LogP contribution in [0.15, 0.2) is 18.3 Å². The molecule has 2 atom stereocenters. The first kappa shape index (κ1) is 10.5. The Morgan fingerprint density at radius 2 is 2.41 bits per heavy atom. The molecular weight excluding hydrogens is 214 g/mol. The minimum atomic E-state index is 0.358. The predicted molar refractivity (Wildman–Crippen MR) is 63.7 cm³/mol. The van der Waals surface area contributed by atoms with Gasteiger partial charge in [-0.2, -0.15) is 5.26 Å². The molecule has 2 fully saturated rings. The van der Waals surface area contributed by atoms with E-state index in [9.17, 15) is 0 Å². The van der Waals surface area contributed by atoms with Crippen molar-refractivity contribution in [2.24, 2.45) is 0 Å². The predicted octanol–water partition coefficient (Wildman–Crippen LogP) is 1.71. The third-order valence-electron chi connectivity index (χ3n) is 3.65. The number of hydrogen-bond donors (Lipinski definition) is 0. The molecule has 1 aliphatic heterocycles. The highest BCUT2D eigenvalue weighted by Crippen LogP contribution is 2.32. The van der Waals surface area contributed by atoms with Gasteiger partial charge >= 0.3 is 0 Å². The van der Waals surface area contributed by atoms with E-state index in [1.165, 1.54) is 12.8 Å². The fraction of sp³-hybridized carbons (Fsp3) is 0.538. The SMILES string of the molecule is N#Cc1ccnc(N2CCOC3CCCC32)c1. The van der Waals surface area contributed by atoms with Crippen molar-refractivity contribution in [1.82, 2.24) is 4.98 Å². The van der Waals surface area contributed by atoms with E-state index in [0.717, 1.165) is 25.4 Å². The van der Waals surface area contributed by atoms with Crippen LogP contribution in [-0.2, 0) is 4.74 Å². The maximum atomic E-state index is 8.93. The lowest BCUT2D eigenvalue weighted by Gasteiger charge is -2.38. The van der Waals surface area contributed by atoms with Crippen LogP contribution in [0.1, 0.15) is 24.8 Å². The molecule has 88 valence electrons. The van der Waals surface area contributed by atoms with Gasteiger partial charge in [0, 0.05) is 12.7 Å². The van der Waals surface area contributed by atoms with Crippen LogP contribution < -0.4 is 4.90 Å². The number of aromatic nitrogens is 1. The lowest BCUT2D eigenvalue weighted by Crippen LogP contribution is -2.49. The van der Waals surface area contributed by atoms with Crippen molar-refractivity contribution in [3.63, 3.8) is 0 Å². The molecule has 0 N–H and O–H groups in total. The summed E-state index contributed by atoms with van der Waals surface area (Å²) in [6, 6.07) is 6.24. The van der Waals surface area contributed by atoms with Crippen LogP contribution in [-0.4, -0.2) is 30.3 Å². The molecule has 1 saturated carbocycles. The first-order valence-electron chi connectivity index (χ1n) is 6.13. The number of hydrogen-bond acceptors (Lipinski definition) is 4. The largest absolute Gasteiger partial charge is 0.374 e. The molecule has 2 unspecified atom stereocenters. The highest BCUT2D eigenvalue weighted by atomic mass is 16.5. The molecule has 1 saturated heterocycles. The molecule has 17 heavy (non-hydrogen) atoms. The van der Waals surface area contributed by atoms with Crippen LogP contribution in [0.3, 0.4) is 0 Å². The molecule has 4 heteroatoms. The number of pyridine rings is 1. The topological polar surface area (TPSA) is 49.2 Å². The lowest BCUT2D eigenvalue weighted by atomic mass is 10.1. The number of nitrogens with zero attached hydrogens (tertiary/aromatic N) is 3. The van der Waals surface area contributed by atoms with Crippen LogP contribution >= 0.6 is 0 Å². The van der Waals surface area contributed by atoms with E-state index >= 15 is 0 Å². The number of ether oxygens (including phenoxy) is 1. The summed E-state index contributed by atoms with van der Waals surface area (Å²) >= 11 is 0. The molecule has 1 aliphatic carbocycles. The van der Waals surface area contributed by atoms with E-state index in [4.69, 9.17) is 10.00 Å². The molecule has 1 aromatic heterocycles. The molecule has 1 aromatic rings. The minimum Gasteiger partial charge on any atom is -0.374 e. The zero-order valence-corrected chi connectivity index (χ0v) is 9.67. The van der Waals surface area contributed by atoms with E-state index in [0.29, 0.717) is 17.7 Å². The third kappa shape index (κ3) is 1.87. The second-order valence-corrected chi connectivity index (χ2v) is 4.62. The highest BCUT2D eigenvalue weighted by molar-refractivity contribution is 5.46. The van der Waals surface area contributed by atoms with E-state index in [2.05, 4.69) is 16.0 Å². The van der Waals surface area contributed by atoms with Crippen molar-refractivity contribution in [1.29, 1.82) is 5.26 Å². The maximum absolute atomic E-state index is 8.93. The Hall–Kier alpha value is -1.60. The Morgan fingerprint density at radius 1 is 1.47 bits per heavy atom. The van der Waals surface area contributed by atoms with E-state index in [-0.39, 0.29) is 0 Å². The fourth-order valence-electron chi connectivity index (χ4n) is 2.86. The van der Waals surface area contributed by atoms with Gasteiger partial charge in [0.05, 0.1) is 30.4 Å². The summed E-state index contributed by atoms with van der Waals surface area (Å²) in [4.78, 5) is 6.70. The first-order valence-corrected chi connectivity index (χ1v) is 6.13. The summed E-state index contributed by atoms with van der Waals surface area (Å²) in [7, 11) is 0. The Bertz CT molecular complexity index is 454. The number of anilines is 1. The average Bonchev–Trinajstić information content (AvgIpc) is 2.87. The van der Waals surface area contributed by atoms with Crippen molar-refractivity contribution in [2.45, 2.75) is 31.4 Å². The van der Waals surface area contributed by atoms with Crippen LogP contribution in [0.2, 0.25) is 0 Å². The van der Waals surface area contributed by atoms with Gasteiger partial charge in [-0.15, -0.1) is 0 Å². The highest BCUT2D eigenvalue weighted by Gasteiger charge is 2.36. The molecule has 0 bridgehead atoms. The van der Waals surface area contributed by atoms with Gasteiger partial charge in [0.2, 0.25) is 0 Å². The second kappa shape index (κ2) is 4.34.